The van der Waals surface area contributed by atoms with E-state index < -0.39 is 0 Å². The summed E-state index contributed by atoms with van der Waals surface area (Å²) in [5, 5.41) is 9.89. The third-order valence-corrected chi connectivity index (χ3v) is 4.06. The summed E-state index contributed by atoms with van der Waals surface area (Å²) in [6, 6.07) is 5.38. The van der Waals surface area contributed by atoms with Gasteiger partial charge in [0.05, 0.1) is 17.3 Å². The molecule has 1 saturated heterocycles. The van der Waals surface area contributed by atoms with Gasteiger partial charge in [0, 0.05) is 16.6 Å². The third-order valence-electron chi connectivity index (χ3n) is 3.25. The largest absolute Gasteiger partial charge is 0.324 e. The number of amides is 1. The number of carbonyl (C=O) groups excluding carboxylic acids is 1. The van der Waals surface area contributed by atoms with Gasteiger partial charge in [-0.1, -0.05) is 27.5 Å². The summed E-state index contributed by atoms with van der Waals surface area (Å²) in [6.45, 7) is 4.28. The van der Waals surface area contributed by atoms with Crippen LogP contribution in [0.4, 0.5) is 5.69 Å². The molecule has 19 heavy (non-hydrogen) atoms. The molecule has 3 N–H and O–H groups in total. The molecule has 1 aromatic carbocycles. The van der Waals surface area contributed by atoms with Crippen LogP contribution < -0.4 is 16.0 Å². The van der Waals surface area contributed by atoms with Gasteiger partial charge in [0.15, 0.2) is 0 Å². The molecule has 6 heteroatoms. The van der Waals surface area contributed by atoms with Gasteiger partial charge in [-0.25, -0.2) is 0 Å². The van der Waals surface area contributed by atoms with Crippen LogP contribution in [0, 0.1) is 0 Å². The van der Waals surface area contributed by atoms with E-state index in [0.717, 1.165) is 24.0 Å². The zero-order chi connectivity index (χ0) is 13.9. The average Bonchev–Trinajstić information content (AvgIpc) is 2.78. The van der Waals surface area contributed by atoms with Crippen molar-refractivity contribution in [3.05, 3.63) is 27.7 Å². The van der Waals surface area contributed by atoms with Gasteiger partial charge in [0.2, 0.25) is 5.91 Å². The molecule has 1 fully saturated rings. The van der Waals surface area contributed by atoms with Crippen molar-refractivity contribution in [2.75, 3.05) is 25.0 Å². The molecule has 1 atom stereocenters. The van der Waals surface area contributed by atoms with Crippen LogP contribution in [0.5, 0.6) is 0 Å². The maximum atomic E-state index is 11.9. The number of nitrogens with one attached hydrogen (secondary N) is 3. The molecule has 0 bridgehead atoms. The summed E-state index contributed by atoms with van der Waals surface area (Å²) >= 11 is 9.38. The Kier molecular flexibility index (Phi) is 4.84. The molecular weight excluding hydrogens is 330 g/mol. The van der Waals surface area contributed by atoms with Crippen LogP contribution in [-0.4, -0.2) is 31.1 Å². The van der Waals surface area contributed by atoms with E-state index in [0.29, 0.717) is 10.7 Å². The molecule has 1 amide bonds. The minimum Gasteiger partial charge on any atom is -0.324 e. The molecule has 1 unspecified atom stereocenters. The predicted molar refractivity (Wildman–Crippen MR) is 81.7 cm³/mol. The van der Waals surface area contributed by atoms with Crippen LogP contribution in [0.1, 0.15) is 13.3 Å². The summed E-state index contributed by atoms with van der Waals surface area (Å²) in [6.07, 6.45) is 1.03. The molecule has 1 heterocycles. The number of anilines is 1. The van der Waals surface area contributed by atoms with Crippen LogP contribution in [0.25, 0.3) is 0 Å². The monoisotopic (exact) mass is 345 g/mol. The number of hydrogen-bond donors (Lipinski definition) is 3. The molecule has 0 spiro atoms. The van der Waals surface area contributed by atoms with Gasteiger partial charge in [0.25, 0.3) is 0 Å². The highest BCUT2D eigenvalue weighted by atomic mass is 79.9. The van der Waals surface area contributed by atoms with Crippen molar-refractivity contribution in [1.82, 2.24) is 10.6 Å². The normalized spacial score (nSPS) is 22.5. The quantitative estimate of drug-likeness (QED) is 0.784. The van der Waals surface area contributed by atoms with Crippen LogP contribution in [0.15, 0.2) is 22.7 Å². The van der Waals surface area contributed by atoms with Crippen LogP contribution in [0.3, 0.4) is 0 Å². The van der Waals surface area contributed by atoms with E-state index in [4.69, 9.17) is 11.6 Å². The zero-order valence-corrected chi connectivity index (χ0v) is 13.1. The van der Waals surface area contributed by atoms with Gasteiger partial charge in [0.1, 0.15) is 0 Å². The Hall–Kier alpha value is -0.620. The lowest BCUT2D eigenvalue weighted by Crippen LogP contribution is -2.47. The highest BCUT2D eigenvalue weighted by Crippen LogP contribution is 2.25. The average molecular weight is 347 g/mol. The van der Waals surface area contributed by atoms with Crippen LogP contribution in [-0.2, 0) is 4.79 Å². The minimum absolute atomic E-state index is 0.000844. The van der Waals surface area contributed by atoms with Gasteiger partial charge in [-0.2, -0.15) is 0 Å². The molecule has 2 rings (SSSR count). The van der Waals surface area contributed by atoms with E-state index >= 15 is 0 Å². The van der Waals surface area contributed by atoms with Crippen LogP contribution >= 0.6 is 27.5 Å². The molecule has 1 aliphatic rings. The summed E-state index contributed by atoms with van der Waals surface area (Å²) in [7, 11) is 0. The number of hydrogen-bond acceptors (Lipinski definition) is 3. The second-order valence-corrected chi connectivity index (χ2v) is 6.34. The SMILES string of the molecule is CC1(NCC(=O)Nc2ccc(Br)cc2Cl)CCNC1. The first-order valence-electron chi connectivity index (χ1n) is 6.19. The highest BCUT2D eigenvalue weighted by molar-refractivity contribution is 9.10. The maximum Gasteiger partial charge on any atom is 0.238 e. The molecule has 4 nitrogen and oxygen atoms in total. The van der Waals surface area contributed by atoms with Crippen molar-refractivity contribution in [2.24, 2.45) is 0 Å². The number of rotatable bonds is 4. The van der Waals surface area contributed by atoms with Gasteiger partial charge >= 0.3 is 0 Å². The maximum absolute atomic E-state index is 11.9. The van der Waals surface area contributed by atoms with Gasteiger partial charge in [-0.05, 0) is 38.1 Å². The van der Waals surface area contributed by atoms with Gasteiger partial charge in [-0.3, -0.25) is 4.79 Å². The van der Waals surface area contributed by atoms with Gasteiger partial charge < -0.3 is 16.0 Å². The fraction of sp³-hybridized carbons (Fsp3) is 0.462. The lowest BCUT2D eigenvalue weighted by molar-refractivity contribution is -0.115. The van der Waals surface area contributed by atoms with Gasteiger partial charge in [-0.15, -0.1) is 0 Å². The first-order valence-corrected chi connectivity index (χ1v) is 7.36. The first kappa shape index (κ1) is 14.8. The smallest absolute Gasteiger partial charge is 0.238 e. The number of carbonyl (C=O) groups is 1. The van der Waals surface area contributed by atoms with Crippen molar-refractivity contribution in [2.45, 2.75) is 18.9 Å². The topological polar surface area (TPSA) is 53.2 Å². The van der Waals surface area contributed by atoms with Crippen LogP contribution in [0.2, 0.25) is 5.02 Å². The second-order valence-electron chi connectivity index (χ2n) is 5.01. The van der Waals surface area contributed by atoms with Crippen molar-refractivity contribution in [1.29, 1.82) is 0 Å². The Balaban J connectivity index is 1.87. The molecular formula is C13H17BrClN3O. The fourth-order valence-corrected chi connectivity index (χ4v) is 2.77. The lowest BCUT2D eigenvalue weighted by Gasteiger charge is -2.24. The first-order chi connectivity index (χ1) is 8.98. The molecule has 104 valence electrons. The third kappa shape index (κ3) is 4.18. The summed E-state index contributed by atoms with van der Waals surface area (Å²) < 4.78 is 0.887. The predicted octanol–water partition coefficient (Wildman–Crippen LogP) is 2.38. The Morgan fingerprint density at radius 3 is 3.00 bits per heavy atom. The fourth-order valence-electron chi connectivity index (χ4n) is 2.05. The van der Waals surface area contributed by atoms with E-state index in [-0.39, 0.29) is 18.0 Å². The standard InChI is InChI=1S/C13H17BrClN3O/c1-13(4-5-16-8-13)17-7-12(19)18-11-3-2-9(14)6-10(11)15/h2-3,6,16-17H,4-5,7-8H2,1H3,(H,18,19). The van der Waals surface area contributed by atoms with E-state index in [1.807, 2.05) is 6.07 Å². The lowest BCUT2D eigenvalue weighted by atomic mass is 10.0. The number of halogens is 2. The minimum atomic E-state index is -0.0858. The summed E-state index contributed by atoms with van der Waals surface area (Å²) in [4.78, 5) is 11.9. The Labute approximate surface area is 126 Å². The van der Waals surface area contributed by atoms with Crippen molar-refractivity contribution >= 4 is 39.1 Å². The van der Waals surface area contributed by atoms with E-state index in [1.54, 1.807) is 12.1 Å². The van der Waals surface area contributed by atoms with Crippen molar-refractivity contribution < 1.29 is 4.79 Å². The second kappa shape index (κ2) is 6.22. The van der Waals surface area contributed by atoms with E-state index in [9.17, 15) is 4.79 Å². The molecule has 1 aromatic rings. The van der Waals surface area contributed by atoms with E-state index in [1.165, 1.54) is 0 Å². The Morgan fingerprint density at radius 1 is 1.58 bits per heavy atom. The number of benzene rings is 1. The molecule has 0 aliphatic carbocycles. The van der Waals surface area contributed by atoms with Crippen molar-refractivity contribution in [3.8, 4) is 0 Å². The highest BCUT2D eigenvalue weighted by Gasteiger charge is 2.28. The Morgan fingerprint density at radius 2 is 2.37 bits per heavy atom. The zero-order valence-electron chi connectivity index (χ0n) is 10.7. The summed E-state index contributed by atoms with van der Waals surface area (Å²) in [5.41, 5.74) is 0.632. The van der Waals surface area contributed by atoms with E-state index in [2.05, 4.69) is 38.8 Å². The molecule has 1 aliphatic heterocycles. The molecule has 0 aromatic heterocycles. The summed E-state index contributed by atoms with van der Waals surface area (Å²) in [5.74, 6) is -0.0858. The molecule has 0 saturated carbocycles. The molecule has 0 radical (unpaired) electrons. The van der Waals surface area contributed by atoms with Crippen molar-refractivity contribution in [3.63, 3.8) is 0 Å². The Bertz CT molecular complexity index is 475.